The van der Waals surface area contributed by atoms with E-state index in [1.807, 2.05) is 47.3 Å². The summed E-state index contributed by atoms with van der Waals surface area (Å²) in [5, 5.41) is 4.52. The molecule has 0 N–H and O–H groups in total. The summed E-state index contributed by atoms with van der Waals surface area (Å²) in [6, 6.07) is 18.5. The molecule has 1 heterocycles. The molecule has 0 amide bonds. The van der Waals surface area contributed by atoms with Crippen LogP contribution in [0.15, 0.2) is 66.9 Å². The van der Waals surface area contributed by atoms with E-state index in [0.717, 1.165) is 16.8 Å². The van der Waals surface area contributed by atoms with Crippen molar-refractivity contribution in [2.45, 2.75) is 6.54 Å². The average molecular weight is 252 g/mol. The molecule has 1 aromatic heterocycles. The Morgan fingerprint density at radius 1 is 0.895 bits per heavy atom. The highest BCUT2D eigenvalue weighted by atomic mass is 19.1. The first-order valence-electron chi connectivity index (χ1n) is 6.14. The molecule has 0 bridgehead atoms. The highest BCUT2D eigenvalue weighted by Gasteiger charge is 2.02. The predicted molar refractivity (Wildman–Crippen MR) is 73.2 cm³/mol. The van der Waals surface area contributed by atoms with Gasteiger partial charge in [-0.25, -0.2) is 4.39 Å². The Labute approximate surface area is 111 Å². The second kappa shape index (κ2) is 5.06. The molecule has 3 aromatic rings. The molecule has 0 spiro atoms. The van der Waals surface area contributed by atoms with Gasteiger partial charge in [0.25, 0.3) is 0 Å². The van der Waals surface area contributed by atoms with Gasteiger partial charge < -0.3 is 0 Å². The summed E-state index contributed by atoms with van der Waals surface area (Å²) >= 11 is 0. The van der Waals surface area contributed by atoms with Gasteiger partial charge in [-0.3, -0.25) is 4.68 Å². The molecule has 0 aliphatic heterocycles. The monoisotopic (exact) mass is 252 g/mol. The third kappa shape index (κ3) is 2.71. The van der Waals surface area contributed by atoms with Gasteiger partial charge in [0.2, 0.25) is 0 Å². The number of rotatable bonds is 3. The average Bonchev–Trinajstić information content (AvgIpc) is 2.91. The van der Waals surface area contributed by atoms with Crippen LogP contribution in [0.25, 0.3) is 11.3 Å². The molecule has 0 aliphatic rings. The lowest BCUT2D eigenvalue weighted by molar-refractivity contribution is 0.624. The van der Waals surface area contributed by atoms with Gasteiger partial charge in [-0.1, -0.05) is 42.5 Å². The van der Waals surface area contributed by atoms with Crippen LogP contribution in [0.5, 0.6) is 0 Å². The SMILES string of the molecule is Fc1ccc(Cn2ccc(-c3ccccc3)n2)cc1. The Bertz CT molecular complexity index is 657. The lowest BCUT2D eigenvalue weighted by Crippen LogP contribution is -2.00. The molecule has 3 rings (SSSR count). The number of nitrogens with zero attached hydrogens (tertiary/aromatic N) is 2. The molecule has 2 aromatic carbocycles. The molecule has 2 nitrogen and oxygen atoms in total. The smallest absolute Gasteiger partial charge is 0.123 e. The molecule has 0 radical (unpaired) electrons. The van der Waals surface area contributed by atoms with Gasteiger partial charge in [-0.2, -0.15) is 5.10 Å². The van der Waals surface area contributed by atoms with Crippen LogP contribution in [0, 0.1) is 5.82 Å². The van der Waals surface area contributed by atoms with Gasteiger partial charge in [-0.15, -0.1) is 0 Å². The van der Waals surface area contributed by atoms with Gasteiger partial charge in [-0.05, 0) is 23.8 Å². The number of hydrogen-bond acceptors (Lipinski definition) is 1. The van der Waals surface area contributed by atoms with Crippen molar-refractivity contribution in [3.8, 4) is 11.3 Å². The van der Waals surface area contributed by atoms with E-state index >= 15 is 0 Å². The van der Waals surface area contributed by atoms with Crippen LogP contribution in [-0.2, 0) is 6.54 Å². The zero-order valence-electron chi connectivity index (χ0n) is 10.3. The predicted octanol–water partition coefficient (Wildman–Crippen LogP) is 3.74. The minimum Gasteiger partial charge on any atom is -0.268 e. The maximum atomic E-state index is 12.8. The molecule has 0 saturated heterocycles. The lowest BCUT2D eigenvalue weighted by atomic mass is 10.2. The minimum absolute atomic E-state index is 0.214. The van der Waals surface area contributed by atoms with Crippen LogP contribution in [0.1, 0.15) is 5.56 Å². The van der Waals surface area contributed by atoms with Crippen molar-refractivity contribution in [1.82, 2.24) is 9.78 Å². The van der Waals surface area contributed by atoms with Crippen LogP contribution < -0.4 is 0 Å². The van der Waals surface area contributed by atoms with Gasteiger partial charge >= 0.3 is 0 Å². The third-order valence-corrected chi connectivity index (χ3v) is 2.97. The minimum atomic E-state index is -0.214. The Kier molecular flexibility index (Phi) is 3.11. The quantitative estimate of drug-likeness (QED) is 0.694. The lowest BCUT2D eigenvalue weighted by Gasteiger charge is -2.02. The van der Waals surface area contributed by atoms with E-state index in [-0.39, 0.29) is 5.82 Å². The van der Waals surface area contributed by atoms with Crippen molar-refractivity contribution in [3.63, 3.8) is 0 Å². The van der Waals surface area contributed by atoms with E-state index in [1.165, 1.54) is 12.1 Å². The molecular formula is C16H13FN2. The van der Waals surface area contributed by atoms with Crippen LogP contribution in [0.2, 0.25) is 0 Å². The van der Waals surface area contributed by atoms with Crippen molar-refractivity contribution >= 4 is 0 Å². The zero-order chi connectivity index (χ0) is 13.1. The highest BCUT2D eigenvalue weighted by Crippen LogP contribution is 2.16. The Morgan fingerprint density at radius 2 is 1.63 bits per heavy atom. The summed E-state index contributed by atoms with van der Waals surface area (Å²) in [4.78, 5) is 0. The summed E-state index contributed by atoms with van der Waals surface area (Å²) in [5.74, 6) is -0.214. The van der Waals surface area contributed by atoms with Crippen molar-refractivity contribution in [2.75, 3.05) is 0 Å². The maximum Gasteiger partial charge on any atom is 0.123 e. The van der Waals surface area contributed by atoms with Crippen LogP contribution >= 0.6 is 0 Å². The first-order chi connectivity index (χ1) is 9.31. The molecule has 94 valence electrons. The second-order valence-corrected chi connectivity index (χ2v) is 4.39. The molecule has 0 atom stereocenters. The van der Waals surface area contributed by atoms with Crippen molar-refractivity contribution in [2.24, 2.45) is 0 Å². The van der Waals surface area contributed by atoms with Gasteiger partial charge in [0, 0.05) is 11.8 Å². The number of halogens is 1. The van der Waals surface area contributed by atoms with Crippen molar-refractivity contribution in [1.29, 1.82) is 0 Å². The fraction of sp³-hybridized carbons (Fsp3) is 0.0625. The van der Waals surface area contributed by atoms with Crippen molar-refractivity contribution in [3.05, 3.63) is 78.2 Å². The molecule has 0 saturated carbocycles. The standard InChI is InChI=1S/C16H13FN2/c17-15-8-6-13(7-9-15)12-19-11-10-16(18-19)14-4-2-1-3-5-14/h1-11H,12H2. The van der Waals surface area contributed by atoms with Gasteiger partial charge in [0.1, 0.15) is 5.82 Å². The second-order valence-electron chi connectivity index (χ2n) is 4.39. The Balaban J connectivity index is 1.80. The molecular weight excluding hydrogens is 239 g/mol. The number of hydrogen-bond donors (Lipinski definition) is 0. The van der Waals surface area contributed by atoms with E-state index in [0.29, 0.717) is 6.54 Å². The zero-order valence-corrected chi connectivity index (χ0v) is 10.3. The first-order valence-corrected chi connectivity index (χ1v) is 6.14. The highest BCUT2D eigenvalue weighted by molar-refractivity contribution is 5.58. The van der Waals surface area contributed by atoms with E-state index in [1.54, 1.807) is 12.1 Å². The maximum absolute atomic E-state index is 12.8. The summed E-state index contributed by atoms with van der Waals surface area (Å²) in [7, 11) is 0. The number of benzene rings is 2. The topological polar surface area (TPSA) is 17.8 Å². The fourth-order valence-electron chi connectivity index (χ4n) is 1.99. The molecule has 3 heteroatoms. The normalized spacial score (nSPS) is 10.6. The van der Waals surface area contributed by atoms with Gasteiger partial charge in [0.05, 0.1) is 12.2 Å². The number of aromatic nitrogens is 2. The van der Waals surface area contributed by atoms with Gasteiger partial charge in [0.15, 0.2) is 0 Å². The molecule has 0 unspecified atom stereocenters. The summed E-state index contributed by atoms with van der Waals surface area (Å²) in [5.41, 5.74) is 3.08. The van der Waals surface area contributed by atoms with E-state index < -0.39 is 0 Å². The largest absolute Gasteiger partial charge is 0.268 e. The van der Waals surface area contributed by atoms with Crippen molar-refractivity contribution < 1.29 is 4.39 Å². The van der Waals surface area contributed by atoms with Crippen LogP contribution in [-0.4, -0.2) is 9.78 Å². The first kappa shape index (κ1) is 11.7. The third-order valence-electron chi connectivity index (χ3n) is 2.97. The van der Waals surface area contributed by atoms with Crippen LogP contribution in [0.4, 0.5) is 4.39 Å². The summed E-state index contributed by atoms with van der Waals surface area (Å²) in [6.07, 6.45) is 1.94. The van der Waals surface area contributed by atoms with E-state index in [9.17, 15) is 4.39 Å². The van der Waals surface area contributed by atoms with Crippen LogP contribution in [0.3, 0.4) is 0 Å². The molecule has 0 fully saturated rings. The molecule has 0 aliphatic carbocycles. The summed E-state index contributed by atoms with van der Waals surface area (Å²) < 4.78 is 14.7. The molecule has 19 heavy (non-hydrogen) atoms. The Hall–Kier alpha value is -2.42. The fourth-order valence-corrected chi connectivity index (χ4v) is 1.99. The summed E-state index contributed by atoms with van der Waals surface area (Å²) in [6.45, 7) is 0.646. The van der Waals surface area contributed by atoms with E-state index in [2.05, 4.69) is 5.10 Å². The van der Waals surface area contributed by atoms with E-state index in [4.69, 9.17) is 0 Å². The Morgan fingerprint density at radius 3 is 2.37 bits per heavy atom.